The molecule has 30 heavy (non-hydrogen) atoms. The highest BCUT2D eigenvalue weighted by Gasteiger charge is 2.34. The maximum absolute atomic E-state index is 13.0. The fraction of sp³-hybridized carbons (Fsp3) is 0.190. The molecule has 0 saturated heterocycles. The quantitative estimate of drug-likeness (QED) is 0.597. The number of carbonyl (C=O) groups excluding carboxylic acids is 3. The molecular weight excluding hydrogens is 393 g/mol. The van der Waals surface area contributed by atoms with E-state index in [0.717, 1.165) is 0 Å². The van der Waals surface area contributed by atoms with Crippen molar-refractivity contribution in [1.29, 1.82) is 0 Å². The van der Waals surface area contributed by atoms with Gasteiger partial charge in [-0.3, -0.25) is 9.59 Å². The smallest absolute Gasteiger partial charge is 0.337 e. The summed E-state index contributed by atoms with van der Waals surface area (Å²) < 4.78 is 17.8. The third kappa shape index (κ3) is 4.64. The zero-order chi connectivity index (χ0) is 21.7. The van der Waals surface area contributed by atoms with Gasteiger partial charge in [0, 0.05) is 23.5 Å². The molecular formula is C21H20FN3O5. The Kier molecular flexibility index (Phi) is 6.43. The maximum atomic E-state index is 13.0. The van der Waals surface area contributed by atoms with Crippen molar-refractivity contribution in [3.8, 4) is 0 Å². The summed E-state index contributed by atoms with van der Waals surface area (Å²) in [4.78, 5) is 38.5. The van der Waals surface area contributed by atoms with Crippen LogP contribution in [-0.2, 0) is 14.3 Å². The highest BCUT2D eigenvalue weighted by atomic mass is 19.1. The molecule has 0 aromatic heterocycles. The van der Waals surface area contributed by atoms with E-state index in [2.05, 4.69) is 10.6 Å². The fourth-order valence-electron chi connectivity index (χ4n) is 2.97. The summed E-state index contributed by atoms with van der Waals surface area (Å²) in [5, 5.41) is 14.7. The summed E-state index contributed by atoms with van der Waals surface area (Å²) in [6, 6.07) is 11.7. The van der Waals surface area contributed by atoms with Gasteiger partial charge in [0.15, 0.2) is 0 Å². The van der Waals surface area contributed by atoms with Crippen molar-refractivity contribution in [2.75, 3.05) is 37.4 Å². The summed E-state index contributed by atoms with van der Waals surface area (Å²) in [6.07, 6.45) is 0. The van der Waals surface area contributed by atoms with E-state index in [1.165, 1.54) is 42.3 Å². The summed E-state index contributed by atoms with van der Waals surface area (Å²) in [6.45, 7) is -0.156. The minimum atomic E-state index is -0.656. The Morgan fingerprint density at radius 2 is 1.90 bits per heavy atom. The molecule has 0 radical (unpaired) electrons. The molecule has 2 aromatic rings. The summed E-state index contributed by atoms with van der Waals surface area (Å²) >= 11 is 0. The molecule has 0 saturated carbocycles. The first-order chi connectivity index (χ1) is 14.4. The molecule has 0 aliphatic carbocycles. The highest BCUT2D eigenvalue weighted by molar-refractivity contribution is 6.09. The van der Waals surface area contributed by atoms with Gasteiger partial charge in [0.05, 0.1) is 25.8 Å². The van der Waals surface area contributed by atoms with Gasteiger partial charge in [0.1, 0.15) is 11.5 Å². The van der Waals surface area contributed by atoms with Gasteiger partial charge in [-0.1, -0.05) is 6.07 Å². The van der Waals surface area contributed by atoms with Gasteiger partial charge < -0.3 is 25.4 Å². The van der Waals surface area contributed by atoms with Crippen LogP contribution in [0, 0.1) is 5.82 Å². The van der Waals surface area contributed by atoms with Gasteiger partial charge in [-0.15, -0.1) is 0 Å². The Morgan fingerprint density at radius 1 is 1.17 bits per heavy atom. The van der Waals surface area contributed by atoms with Crippen LogP contribution in [-0.4, -0.2) is 54.6 Å². The topological polar surface area (TPSA) is 108 Å². The number of ether oxygens (including phenoxy) is 1. The first-order valence-electron chi connectivity index (χ1n) is 9.08. The van der Waals surface area contributed by atoms with E-state index in [1.54, 1.807) is 18.2 Å². The second kappa shape index (κ2) is 9.19. The summed E-state index contributed by atoms with van der Waals surface area (Å²) in [5.74, 6) is -1.94. The van der Waals surface area contributed by atoms with E-state index in [0.29, 0.717) is 16.9 Å². The number of hydrogen-bond acceptors (Lipinski definition) is 6. The largest absolute Gasteiger partial charge is 0.466 e. The summed E-state index contributed by atoms with van der Waals surface area (Å²) in [5.41, 5.74) is 1.31. The van der Waals surface area contributed by atoms with Gasteiger partial charge in [0.2, 0.25) is 0 Å². The Balaban J connectivity index is 1.80. The van der Waals surface area contributed by atoms with E-state index in [4.69, 9.17) is 9.84 Å². The van der Waals surface area contributed by atoms with Crippen LogP contribution in [0.1, 0.15) is 10.4 Å². The Bertz CT molecular complexity index is 1000. The molecule has 0 atom stereocenters. The van der Waals surface area contributed by atoms with Gasteiger partial charge in [-0.25, -0.2) is 9.18 Å². The standard InChI is InChI=1S/C21H20FN3O5/c1-30-21(29)17-12-25(9-10-26)20(28)18(17)23-16-4-2-3-13(11-16)19(27)24-15-7-5-14(22)6-8-15/h2-8,11,23,26H,9-10,12H2,1H3,(H,24,27). The van der Waals surface area contributed by atoms with E-state index >= 15 is 0 Å². The lowest BCUT2D eigenvalue weighted by atomic mass is 10.1. The van der Waals surface area contributed by atoms with Crippen LogP contribution in [0.4, 0.5) is 15.8 Å². The van der Waals surface area contributed by atoms with Crippen molar-refractivity contribution >= 4 is 29.2 Å². The SMILES string of the molecule is COC(=O)C1=C(Nc2cccc(C(=O)Nc3ccc(F)cc3)c2)C(=O)N(CCO)C1. The third-order valence-electron chi connectivity index (χ3n) is 4.45. The van der Waals surface area contributed by atoms with Crippen LogP contribution in [0.25, 0.3) is 0 Å². The van der Waals surface area contributed by atoms with Crippen LogP contribution >= 0.6 is 0 Å². The van der Waals surface area contributed by atoms with Crippen molar-refractivity contribution in [3.05, 3.63) is 71.2 Å². The van der Waals surface area contributed by atoms with Crippen molar-refractivity contribution in [1.82, 2.24) is 4.90 Å². The Labute approximate surface area is 171 Å². The minimum Gasteiger partial charge on any atom is -0.466 e. The first kappa shape index (κ1) is 21.0. The molecule has 156 valence electrons. The molecule has 1 aliphatic heterocycles. The van der Waals surface area contributed by atoms with E-state index in [1.807, 2.05) is 0 Å². The Morgan fingerprint density at radius 3 is 2.57 bits per heavy atom. The van der Waals surface area contributed by atoms with Crippen LogP contribution in [0.15, 0.2) is 59.8 Å². The average molecular weight is 413 g/mol. The number of methoxy groups -OCH3 is 1. The van der Waals surface area contributed by atoms with Crippen molar-refractivity contribution < 1.29 is 28.6 Å². The normalized spacial score (nSPS) is 13.4. The molecule has 8 nitrogen and oxygen atoms in total. The van der Waals surface area contributed by atoms with Crippen molar-refractivity contribution in [3.63, 3.8) is 0 Å². The number of nitrogens with one attached hydrogen (secondary N) is 2. The van der Waals surface area contributed by atoms with Crippen molar-refractivity contribution in [2.24, 2.45) is 0 Å². The monoisotopic (exact) mass is 413 g/mol. The number of aliphatic hydroxyl groups excluding tert-OH is 1. The van der Waals surface area contributed by atoms with Crippen LogP contribution in [0.2, 0.25) is 0 Å². The van der Waals surface area contributed by atoms with Gasteiger partial charge in [-0.2, -0.15) is 0 Å². The number of halogens is 1. The zero-order valence-corrected chi connectivity index (χ0v) is 16.1. The number of rotatable bonds is 7. The number of aliphatic hydroxyl groups is 1. The number of benzene rings is 2. The number of amides is 2. The van der Waals surface area contributed by atoms with E-state index in [-0.39, 0.29) is 31.0 Å². The predicted molar refractivity (Wildman–Crippen MR) is 107 cm³/mol. The number of hydrogen-bond donors (Lipinski definition) is 3. The molecule has 9 heteroatoms. The number of anilines is 2. The molecule has 2 amide bonds. The van der Waals surface area contributed by atoms with Crippen molar-refractivity contribution in [2.45, 2.75) is 0 Å². The number of esters is 1. The number of nitrogens with zero attached hydrogens (tertiary/aromatic N) is 1. The number of carbonyl (C=O) groups is 3. The fourth-order valence-corrected chi connectivity index (χ4v) is 2.97. The van der Waals surface area contributed by atoms with Gasteiger partial charge in [0.25, 0.3) is 11.8 Å². The van der Waals surface area contributed by atoms with Crippen LogP contribution in [0.3, 0.4) is 0 Å². The second-order valence-corrected chi connectivity index (χ2v) is 6.46. The van der Waals surface area contributed by atoms with Gasteiger partial charge in [-0.05, 0) is 42.5 Å². The van der Waals surface area contributed by atoms with Crippen LogP contribution < -0.4 is 10.6 Å². The average Bonchev–Trinajstić information content (AvgIpc) is 3.05. The lowest BCUT2D eigenvalue weighted by Crippen LogP contribution is -2.31. The highest BCUT2D eigenvalue weighted by Crippen LogP contribution is 2.23. The van der Waals surface area contributed by atoms with E-state index in [9.17, 15) is 18.8 Å². The lowest BCUT2D eigenvalue weighted by Gasteiger charge is -2.15. The molecule has 0 spiro atoms. The van der Waals surface area contributed by atoms with Crippen LogP contribution in [0.5, 0.6) is 0 Å². The number of β-amino-alcohol motifs (C(OH)–C–C–N with tert-alkyl or cyclic N) is 1. The molecule has 0 unspecified atom stereocenters. The molecule has 2 aromatic carbocycles. The molecule has 0 fully saturated rings. The molecule has 3 N–H and O–H groups in total. The first-order valence-corrected chi connectivity index (χ1v) is 9.08. The van der Waals surface area contributed by atoms with Gasteiger partial charge >= 0.3 is 5.97 Å². The molecule has 1 heterocycles. The zero-order valence-electron chi connectivity index (χ0n) is 16.1. The minimum absolute atomic E-state index is 0.0130. The predicted octanol–water partition coefficient (Wildman–Crippen LogP) is 1.75. The lowest BCUT2D eigenvalue weighted by molar-refractivity contribution is -0.136. The Hall–Kier alpha value is -3.72. The molecule has 1 aliphatic rings. The third-order valence-corrected chi connectivity index (χ3v) is 4.45. The molecule has 0 bridgehead atoms. The second-order valence-electron chi connectivity index (χ2n) is 6.46. The van der Waals surface area contributed by atoms with E-state index < -0.39 is 23.6 Å². The maximum Gasteiger partial charge on any atom is 0.337 e. The molecule has 3 rings (SSSR count). The summed E-state index contributed by atoms with van der Waals surface area (Å²) in [7, 11) is 1.21.